The molecule has 1 aliphatic heterocycles. The van der Waals surface area contributed by atoms with Gasteiger partial charge in [0, 0.05) is 41.9 Å². The van der Waals surface area contributed by atoms with Crippen molar-refractivity contribution in [2.24, 2.45) is 0 Å². The van der Waals surface area contributed by atoms with Crippen molar-refractivity contribution in [1.82, 2.24) is 10.2 Å². The average Bonchev–Trinajstić information content (AvgIpc) is 2.61. The van der Waals surface area contributed by atoms with Gasteiger partial charge >= 0.3 is 0 Å². The topological polar surface area (TPSA) is 75.5 Å². The lowest BCUT2D eigenvalue weighted by Gasteiger charge is -2.37. The van der Waals surface area contributed by atoms with Crippen LogP contribution in [-0.4, -0.2) is 35.4 Å². The number of halogens is 1. The number of nitro groups is 1. The number of nitrogens with zero attached hydrogens (tertiary/aromatic N) is 2. The predicted molar refractivity (Wildman–Crippen MR) is 95.9 cm³/mol. The summed E-state index contributed by atoms with van der Waals surface area (Å²) in [4.78, 5) is 25.6. The van der Waals surface area contributed by atoms with E-state index in [9.17, 15) is 14.9 Å². The number of piperazine rings is 1. The minimum absolute atomic E-state index is 0.0414. The van der Waals surface area contributed by atoms with Crippen molar-refractivity contribution >= 4 is 23.2 Å². The fraction of sp³-hybridized carbons (Fsp3) is 0.278. The molecule has 7 heteroatoms. The smallest absolute Gasteiger partial charge is 0.273 e. The average molecular weight is 360 g/mol. The molecule has 1 heterocycles. The van der Waals surface area contributed by atoms with Crippen LogP contribution in [0.1, 0.15) is 27.5 Å². The van der Waals surface area contributed by atoms with Gasteiger partial charge in [-0.05, 0) is 30.7 Å². The van der Waals surface area contributed by atoms with Gasteiger partial charge in [0.05, 0.1) is 11.0 Å². The maximum absolute atomic E-state index is 13.1. The fourth-order valence-corrected chi connectivity index (χ4v) is 3.37. The Kier molecular flexibility index (Phi) is 5.01. The summed E-state index contributed by atoms with van der Waals surface area (Å²) in [5.41, 5.74) is 1.65. The molecule has 0 spiro atoms. The van der Waals surface area contributed by atoms with E-state index in [4.69, 9.17) is 11.6 Å². The largest absolute Gasteiger partial charge is 0.329 e. The molecule has 0 radical (unpaired) electrons. The lowest BCUT2D eigenvalue weighted by molar-refractivity contribution is -0.385. The molecule has 0 aliphatic carbocycles. The van der Waals surface area contributed by atoms with E-state index < -0.39 is 4.92 Å². The molecule has 25 heavy (non-hydrogen) atoms. The first-order valence-electron chi connectivity index (χ1n) is 8.00. The summed E-state index contributed by atoms with van der Waals surface area (Å²) in [6, 6.07) is 11.9. The van der Waals surface area contributed by atoms with E-state index in [0.717, 1.165) is 5.56 Å². The number of rotatable bonds is 3. The van der Waals surface area contributed by atoms with Gasteiger partial charge in [-0.2, -0.15) is 0 Å². The van der Waals surface area contributed by atoms with Crippen molar-refractivity contribution in [1.29, 1.82) is 0 Å². The molecule has 2 aromatic rings. The van der Waals surface area contributed by atoms with Gasteiger partial charge in [0.25, 0.3) is 11.6 Å². The van der Waals surface area contributed by atoms with E-state index in [2.05, 4.69) is 5.32 Å². The highest BCUT2D eigenvalue weighted by molar-refractivity contribution is 6.30. The van der Waals surface area contributed by atoms with E-state index in [1.54, 1.807) is 30.0 Å². The number of nitro benzene ring substituents is 1. The number of hydrogen-bond acceptors (Lipinski definition) is 4. The molecule has 2 aromatic carbocycles. The first kappa shape index (κ1) is 17.4. The Morgan fingerprint density at radius 2 is 2.08 bits per heavy atom. The molecule has 1 aliphatic rings. The van der Waals surface area contributed by atoms with E-state index >= 15 is 0 Å². The Labute approximate surface area is 150 Å². The number of hydrogen-bond donors (Lipinski definition) is 1. The van der Waals surface area contributed by atoms with E-state index in [0.29, 0.717) is 35.8 Å². The zero-order valence-corrected chi connectivity index (χ0v) is 14.5. The van der Waals surface area contributed by atoms with Crippen molar-refractivity contribution in [3.05, 3.63) is 74.3 Å². The first-order valence-corrected chi connectivity index (χ1v) is 8.38. The van der Waals surface area contributed by atoms with Crippen LogP contribution < -0.4 is 5.32 Å². The Morgan fingerprint density at radius 3 is 2.80 bits per heavy atom. The molecule has 0 bridgehead atoms. The molecule has 1 saturated heterocycles. The Balaban J connectivity index is 1.97. The van der Waals surface area contributed by atoms with Gasteiger partial charge in [-0.25, -0.2) is 0 Å². The number of nitrogens with one attached hydrogen (secondary N) is 1. The summed E-state index contributed by atoms with van der Waals surface area (Å²) in [5.74, 6) is -0.201. The summed E-state index contributed by atoms with van der Waals surface area (Å²) in [5, 5.41) is 15.1. The van der Waals surface area contributed by atoms with Crippen LogP contribution in [0.15, 0.2) is 42.5 Å². The second kappa shape index (κ2) is 7.21. The predicted octanol–water partition coefficient (Wildman–Crippen LogP) is 3.34. The van der Waals surface area contributed by atoms with Crippen molar-refractivity contribution in [2.75, 3.05) is 19.6 Å². The Bertz CT molecular complexity index is 825. The lowest BCUT2D eigenvalue weighted by atomic mass is 10.00. The molecule has 3 rings (SSSR count). The molecular formula is C18H18ClN3O3. The molecule has 0 saturated carbocycles. The third kappa shape index (κ3) is 3.50. The van der Waals surface area contributed by atoms with Gasteiger partial charge in [0.15, 0.2) is 0 Å². The zero-order chi connectivity index (χ0) is 18.0. The van der Waals surface area contributed by atoms with Crippen molar-refractivity contribution < 1.29 is 9.72 Å². The minimum Gasteiger partial charge on any atom is -0.329 e. The lowest BCUT2D eigenvalue weighted by Crippen LogP contribution is -2.48. The number of amides is 1. The monoisotopic (exact) mass is 359 g/mol. The van der Waals surface area contributed by atoms with Gasteiger partial charge < -0.3 is 10.2 Å². The molecule has 1 atom stereocenters. The number of benzene rings is 2. The summed E-state index contributed by atoms with van der Waals surface area (Å²) in [6.07, 6.45) is 0. The van der Waals surface area contributed by atoms with Gasteiger partial charge in [0.1, 0.15) is 0 Å². The Hall–Kier alpha value is -2.44. The van der Waals surface area contributed by atoms with Gasteiger partial charge in [-0.15, -0.1) is 0 Å². The van der Waals surface area contributed by atoms with Crippen molar-refractivity contribution in [3.63, 3.8) is 0 Å². The summed E-state index contributed by atoms with van der Waals surface area (Å²) in [6.45, 7) is 3.43. The first-order chi connectivity index (χ1) is 12.0. The van der Waals surface area contributed by atoms with E-state index in [-0.39, 0.29) is 17.6 Å². The van der Waals surface area contributed by atoms with Crippen molar-refractivity contribution in [3.8, 4) is 0 Å². The van der Waals surface area contributed by atoms with Crippen LogP contribution in [0.2, 0.25) is 5.02 Å². The minimum atomic E-state index is -0.460. The maximum Gasteiger partial charge on any atom is 0.273 e. The zero-order valence-electron chi connectivity index (χ0n) is 13.7. The van der Waals surface area contributed by atoms with Crippen LogP contribution in [0.3, 0.4) is 0 Å². The van der Waals surface area contributed by atoms with Crippen LogP contribution in [0, 0.1) is 17.0 Å². The standard InChI is InChI=1S/C18H18ClN3O3/c1-12-15(6-3-7-16(12)22(24)25)18(23)21-9-8-20-11-17(21)13-4-2-5-14(19)10-13/h2-7,10,17,20H,8-9,11H2,1H3. The molecule has 0 aromatic heterocycles. The SMILES string of the molecule is Cc1c(C(=O)N2CCNCC2c2cccc(Cl)c2)cccc1[N+](=O)[O-]. The molecule has 1 N–H and O–H groups in total. The van der Waals surface area contributed by atoms with Gasteiger partial charge in [-0.1, -0.05) is 29.8 Å². The van der Waals surface area contributed by atoms with Crippen LogP contribution in [0.4, 0.5) is 5.69 Å². The van der Waals surface area contributed by atoms with Crippen LogP contribution in [0.25, 0.3) is 0 Å². The fourth-order valence-electron chi connectivity index (χ4n) is 3.17. The van der Waals surface area contributed by atoms with Crippen LogP contribution in [0.5, 0.6) is 0 Å². The highest BCUT2D eigenvalue weighted by atomic mass is 35.5. The van der Waals surface area contributed by atoms with Crippen LogP contribution in [-0.2, 0) is 0 Å². The summed E-state index contributed by atoms with van der Waals surface area (Å²) < 4.78 is 0. The third-order valence-electron chi connectivity index (χ3n) is 4.47. The summed E-state index contributed by atoms with van der Waals surface area (Å²) in [7, 11) is 0. The molecule has 130 valence electrons. The second-order valence-corrected chi connectivity index (χ2v) is 6.42. The molecule has 6 nitrogen and oxygen atoms in total. The normalized spacial score (nSPS) is 17.4. The Morgan fingerprint density at radius 1 is 1.32 bits per heavy atom. The maximum atomic E-state index is 13.1. The molecule has 1 fully saturated rings. The summed E-state index contributed by atoms with van der Waals surface area (Å²) >= 11 is 6.09. The second-order valence-electron chi connectivity index (χ2n) is 5.98. The van der Waals surface area contributed by atoms with E-state index in [1.807, 2.05) is 18.2 Å². The highest BCUT2D eigenvalue weighted by Crippen LogP contribution is 2.28. The number of carbonyl (C=O) groups is 1. The third-order valence-corrected chi connectivity index (χ3v) is 4.71. The molecular weight excluding hydrogens is 342 g/mol. The number of carbonyl (C=O) groups excluding carboxylic acids is 1. The van der Waals surface area contributed by atoms with Gasteiger partial charge in [0.2, 0.25) is 0 Å². The molecule has 1 unspecified atom stereocenters. The molecule has 1 amide bonds. The van der Waals surface area contributed by atoms with E-state index in [1.165, 1.54) is 6.07 Å². The van der Waals surface area contributed by atoms with Crippen LogP contribution >= 0.6 is 11.6 Å². The van der Waals surface area contributed by atoms with Crippen molar-refractivity contribution in [2.45, 2.75) is 13.0 Å². The quantitative estimate of drug-likeness (QED) is 0.673. The van der Waals surface area contributed by atoms with Gasteiger partial charge in [-0.3, -0.25) is 14.9 Å². The highest BCUT2D eigenvalue weighted by Gasteiger charge is 2.30.